The maximum atomic E-state index is 13.0. The number of aromatic nitrogens is 3. The molecule has 4 rings (SSSR count). The number of hydrogen-bond acceptors (Lipinski definition) is 7. The highest BCUT2D eigenvalue weighted by Gasteiger charge is 2.24. The molecule has 9 heteroatoms. The largest absolute Gasteiger partial charge is 0.465 e. The summed E-state index contributed by atoms with van der Waals surface area (Å²) in [4.78, 5) is 25.7. The van der Waals surface area contributed by atoms with E-state index in [1.165, 1.54) is 62.3 Å². The predicted octanol–water partition coefficient (Wildman–Crippen LogP) is 6.84. The Kier molecular flexibility index (Phi) is 9.80. The van der Waals surface area contributed by atoms with Gasteiger partial charge in [0, 0.05) is 23.9 Å². The Balaban J connectivity index is 1.45. The first-order chi connectivity index (χ1) is 18.4. The second-order valence-corrected chi connectivity index (χ2v) is 11.7. The van der Waals surface area contributed by atoms with Crippen LogP contribution in [0.1, 0.15) is 65.8 Å². The SMILES string of the molecule is C=CCn1c(CCC2CCCCC2)nnc1SCC(=O)Nc1scc(-c2cc(C)ccc2C)c1C(=O)OC. The van der Waals surface area contributed by atoms with Crippen molar-refractivity contribution in [1.29, 1.82) is 0 Å². The van der Waals surface area contributed by atoms with Crippen molar-refractivity contribution < 1.29 is 14.3 Å². The van der Waals surface area contributed by atoms with E-state index in [9.17, 15) is 9.59 Å². The van der Waals surface area contributed by atoms with Gasteiger partial charge in [-0.05, 0) is 37.3 Å². The first kappa shape index (κ1) is 28.1. The van der Waals surface area contributed by atoms with Gasteiger partial charge in [-0.2, -0.15) is 0 Å². The summed E-state index contributed by atoms with van der Waals surface area (Å²) in [6.07, 6.45) is 10.5. The summed E-state index contributed by atoms with van der Waals surface area (Å²) in [5.74, 6) is 1.17. The zero-order chi connectivity index (χ0) is 27.1. The first-order valence-electron chi connectivity index (χ1n) is 13.1. The van der Waals surface area contributed by atoms with Crippen LogP contribution in [0, 0.1) is 19.8 Å². The van der Waals surface area contributed by atoms with Gasteiger partial charge in [-0.25, -0.2) is 4.79 Å². The number of esters is 1. The monoisotopic (exact) mass is 552 g/mol. The normalized spacial score (nSPS) is 13.9. The molecule has 1 aliphatic carbocycles. The maximum absolute atomic E-state index is 13.0. The number of methoxy groups -OCH3 is 1. The lowest BCUT2D eigenvalue weighted by atomic mass is 9.86. The Morgan fingerprint density at radius 3 is 2.74 bits per heavy atom. The maximum Gasteiger partial charge on any atom is 0.341 e. The highest BCUT2D eigenvalue weighted by atomic mass is 32.2. The van der Waals surface area contributed by atoms with E-state index in [1.807, 2.05) is 43.5 Å². The van der Waals surface area contributed by atoms with E-state index in [-0.39, 0.29) is 11.7 Å². The Labute approximate surface area is 233 Å². The van der Waals surface area contributed by atoms with Gasteiger partial charge in [-0.3, -0.25) is 4.79 Å². The van der Waals surface area contributed by atoms with Gasteiger partial charge in [0.05, 0.1) is 12.9 Å². The van der Waals surface area contributed by atoms with Crippen molar-refractivity contribution in [2.24, 2.45) is 5.92 Å². The molecule has 1 amide bonds. The number of thioether (sulfide) groups is 1. The van der Waals surface area contributed by atoms with Gasteiger partial charge in [0.1, 0.15) is 16.4 Å². The van der Waals surface area contributed by atoms with Crippen molar-refractivity contribution in [1.82, 2.24) is 14.8 Å². The molecule has 0 saturated heterocycles. The van der Waals surface area contributed by atoms with Gasteiger partial charge in [0.2, 0.25) is 5.91 Å². The quantitative estimate of drug-likeness (QED) is 0.159. The summed E-state index contributed by atoms with van der Waals surface area (Å²) in [6, 6.07) is 6.11. The fourth-order valence-corrected chi connectivity index (χ4v) is 6.73. The number of benzene rings is 1. The molecule has 2 aromatic heterocycles. The number of hydrogen-bond donors (Lipinski definition) is 1. The van der Waals surface area contributed by atoms with Crippen molar-refractivity contribution >= 4 is 40.0 Å². The zero-order valence-electron chi connectivity index (χ0n) is 22.4. The molecular formula is C29H36N4O3S2. The van der Waals surface area contributed by atoms with Gasteiger partial charge in [0.15, 0.2) is 5.16 Å². The highest BCUT2D eigenvalue weighted by molar-refractivity contribution is 7.99. The van der Waals surface area contributed by atoms with Crippen LogP contribution in [0.25, 0.3) is 11.1 Å². The van der Waals surface area contributed by atoms with Crippen molar-refractivity contribution in [3.05, 3.63) is 58.7 Å². The molecule has 38 heavy (non-hydrogen) atoms. The van der Waals surface area contributed by atoms with Crippen molar-refractivity contribution in [2.45, 2.75) is 70.5 Å². The molecule has 1 fully saturated rings. The smallest absolute Gasteiger partial charge is 0.341 e. The standard InChI is InChI=1S/C29H36N4O3S2/c1-5-15-33-24(14-13-21-9-7-6-8-10-21)31-32-29(33)38-18-25(34)30-27-26(28(35)36-4)23(17-37-27)22-16-19(2)11-12-20(22)3/h5,11-12,16-17,21H,1,6-10,13-15,18H2,2-4H3,(H,30,34). The van der Waals surface area contributed by atoms with Crippen molar-refractivity contribution in [2.75, 3.05) is 18.2 Å². The van der Waals surface area contributed by atoms with E-state index >= 15 is 0 Å². The molecule has 0 unspecified atom stereocenters. The summed E-state index contributed by atoms with van der Waals surface area (Å²) >= 11 is 2.67. The van der Waals surface area contributed by atoms with E-state index in [1.54, 1.807) is 0 Å². The van der Waals surface area contributed by atoms with Crippen LogP contribution in [-0.4, -0.2) is 39.5 Å². The van der Waals surface area contributed by atoms with Crippen molar-refractivity contribution in [3.63, 3.8) is 0 Å². The second kappa shape index (κ2) is 13.2. The zero-order valence-corrected chi connectivity index (χ0v) is 24.1. The minimum Gasteiger partial charge on any atom is -0.465 e. The third kappa shape index (κ3) is 6.74. The van der Waals surface area contributed by atoms with E-state index in [0.717, 1.165) is 46.8 Å². The number of thiophene rings is 1. The van der Waals surface area contributed by atoms with Crippen LogP contribution < -0.4 is 5.32 Å². The van der Waals surface area contributed by atoms with Crippen LogP contribution in [-0.2, 0) is 22.5 Å². The molecule has 1 aliphatic rings. The first-order valence-corrected chi connectivity index (χ1v) is 15.0. The molecule has 1 saturated carbocycles. The lowest BCUT2D eigenvalue weighted by Crippen LogP contribution is -2.16. The number of carbonyl (C=O) groups is 2. The lowest BCUT2D eigenvalue weighted by Gasteiger charge is -2.21. The molecule has 1 aromatic carbocycles. The second-order valence-electron chi connectivity index (χ2n) is 9.84. The summed E-state index contributed by atoms with van der Waals surface area (Å²) in [5, 5.41) is 14.8. The van der Waals surface area contributed by atoms with Gasteiger partial charge in [-0.15, -0.1) is 28.1 Å². The summed E-state index contributed by atoms with van der Waals surface area (Å²) in [6.45, 7) is 8.51. The van der Waals surface area contributed by atoms with Crippen LogP contribution in [0.3, 0.4) is 0 Å². The highest BCUT2D eigenvalue weighted by Crippen LogP contribution is 2.38. The molecule has 3 aromatic rings. The van der Waals surface area contributed by atoms with E-state index in [0.29, 0.717) is 22.3 Å². The summed E-state index contributed by atoms with van der Waals surface area (Å²) in [7, 11) is 1.35. The third-order valence-corrected chi connectivity index (χ3v) is 8.92. The van der Waals surface area contributed by atoms with Crippen LogP contribution in [0.5, 0.6) is 0 Å². The molecule has 0 aliphatic heterocycles. The average molecular weight is 553 g/mol. The topological polar surface area (TPSA) is 86.1 Å². The molecule has 2 heterocycles. The number of rotatable bonds is 11. The molecule has 0 spiro atoms. The van der Waals surface area contributed by atoms with Crippen molar-refractivity contribution in [3.8, 4) is 11.1 Å². The molecule has 0 bridgehead atoms. The fourth-order valence-electron chi connectivity index (χ4n) is 5.00. The van der Waals surface area contributed by atoms with E-state index < -0.39 is 5.97 Å². The van der Waals surface area contributed by atoms with Crippen LogP contribution in [0.2, 0.25) is 0 Å². The number of nitrogens with zero attached hydrogens (tertiary/aromatic N) is 3. The van der Waals surface area contributed by atoms with E-state index in [2.05, 4.69) is 26.7 Å². The Bertz CT molecular complexity index is 1290. The number of allylic oxidation sites excluding steroid dienone is 1. The minimum absolute atomic E-state index is 0.148. The van der Waals surface area contributed by atoms with Gasteiger partial charge in [-0.1, -0.05) is 73.7 Å². The summed E-state index contributed by atoms with van der Waals surface area (Å²) in [5.41, 5.74) is 4.24. The predicted molar refractivity (Wildman–Crippen MR) is 155 cm³/mol. The number of ether oxygens (including phenoxy) is 1. The molecule has 202 valence electrons. The average Bonchev–Trinajstić information content (AvgIpc) is 3.51. The van der Waals surface area contributed by atoms with Gasteiger partial charge >= 0.3 is 5.97 Å². The molecule has 1 N–H and O–H groups in total. The van der Waals surface area contributed by atoms with E-state index in [4.69, 9.17) is 4.74 Å². The number of carbonyl (C=O) groups excluding carboxylic acids is 2. The number of amides is 1. The Morgan fingerprint density at radius 2 is 2.00 bits per heavy atom. The molecule has 7 nitrogen and oxygen atoms in total. The van der Waals surface area contributed by atoms with Gasteiger partial charge < -0.3 is 14.6 Å². The summed E-state index contributed by atoms with van der Waals surface area (Å²) < 4.78 is 7.12. The Morgan fingerprint density at radius 1 is 1.21 bits per heavy atom. The molecular weight excluding hydrogens is 516 g/mol. The van der Waals surface area contributed by atoms with Gasteiger partial charge in [0.25, 0.3) is 0 Å². The fraction of sp³-hybridized carbons (Fsp3) is 0.448. The third-order valence-electron chi connectivity index (χ3n) is 7.06. The minimum atomic E-state index is -0.474. The number of anilines is 1. The van der Waals surface area contributed by atoms with Crippen LogP contribution in [0.4, 0.5) is 5.00 Å². The van der Waals surface area contributed by atoms with Crippen LogP contribution >= 0.6 is 23.1 Å². The lowest BCUT2D eigenvalue weighted by molar-refractivity contribution is -0.113. The number of nitrogens with one attached hydrogen (secondary N) is 1. The molecule has 0 radical (unpaired) electrons. The Hall–Kier alpha value is -2.91. The number of aryl methyl sites for hydroxylation is 3. The van der Waals surface area contributed by atoms with Crippen LogP contribution in [0.15, 0.2) is 41.4 Å². The molecule has 0 atom stereocenters.